The molecule has 4 rings (SSSR count). The molecule has 4 aromatic rings. The monoisotopic (exact) mass is 465 g/mol. The summed E-state index contributed by atoms with van der Waals surface area (Å²) in [5.74, 6) is -1.87. The molecule has 0 unspecified atom stereocenters. The largest absolute Gasteiger partial charge is 0.454 e. The SMILES string of the molecule is Cc1onc(-c2c(F)cccc2Cl)c1C(=O)OCC(=O)c1cn(CCC#N)c2ccccc12. The molecular weight excluding hydrogens is 449 g/mol. The van der Waals surface area contributed by atoms with E-state index in [1.165, 1.54) is 25.1 Å². The number of fused-ring (bicyclic) bond motifs is 1. The van der Waals surface area contributed by atoms with Crippen LogP contribution in [0.4, 0.5) is 4.39 Å². The number of nitriles is 1. The number of halogens is 2. The molecule has 2 aromatic heterocycles. The molecule has 0 aliphatic carbocycles. The summed E-state index contributed by atoms with van der Waals surface area (Å²) in [5, 5.41) is 13.4. The van der Waals surface area contributed by atoms with Gasteiger partial charge in [0.15, 0.2) is 6.61 Å². The number of hydrogen-bond donors (Lipinski definition) is 0. The lowest BCUT2D eigenvalue weighted by atomic mass is 10.1. The fourth-order valence-corrected chi connectivity index (χ4v) is 3.87. The van der Waals surface area contributed by atoms with Gasteiger partial charge in [0.05, 0.1) is 23.1 Å². The Morgan fingerprint density at radius 3 is 2.79 bits per heavy atom. The van der Waals surface area contributed by atoms with Crippen LogP contribution in [0.2, 0.25) is 5.02 Å². The van der Waals surface area contributed by atoms with Crippen LogP contribution in [0.3, 0.4) is 0 Å². The first-order chi connectivity index (χ1) is 15.9. The summed E-state index contributed by atoms with van der Waals surface area (Å²) in [5.41, 5.74) is 0.881. The summed E-state index contributed by atoms with van der Waals surface area (Å²) in [6.07, 6.45) is 1.93. The number of nitrogens with zero attached hydrogens (tertiary/aromatic N) is 3. The van der Waals surface area contributed by atoms with Gasteiger partial charge in [0.25, 0.3) is 0 Å². The van der Waals surface area contributed by atoms with E-state index < -0.39 is 24.2 Å². The first kappa shape index (κ1) is 22.2. The molecule has 0 aliphatic heterocycles. The molecule has 0 fully saturated rings. The van der Waals surface area contributed by atoms with Crippen LogP contribution >= 0.6 is 11.6 Å². The molecule has 0 amide bonds. The Hall–Kier alpha value is -3.96. The number of benzene rings is 2. The Labute approximate surface area is 192 Å². The van der Waals surface area contributed by atoms with Crippen LogP contribution in [-0.4, -0.2) is 28.1 Å². The predicted molar refractivity (Wildman–Crippen MR) is 118 cm³/mol. The summed E-state index contributed by atoms with van der Waals surface area (Å²) in [6.45, 7) is 1.36. The van der Waals surface area contributed by atoms with Gasteiger partial charge >= 0.3 is 5.97 Å². The second-order valence-corrected chi connectivity index (χ2v) is 7.63. The molecule has 0 N–H and O–H groups in total. The van der Waals surface area contributed by atoms with Gasteiger partial charge in [0.2, 0.25) is 5.78 Å². The molecule has 9 heteroatoms. The Morgan fingerprint density at radius 2 is 2.03 bits per heavy atom. The number of esters is 1. The molecule has 0 radical (unpaired) electrons. The fraction of sp³-hybridized carbons (Fsp3) is 0.167. The van der Waals surface area contributed by atoms with Crippen LogP contribution in [0.1, 0.15) is 32.9 Å². The predicted octanol–water partition coefficient (Wildman–Crippen LogP) is 5.35. The number of aromatic nitrogens is 2. The standard InChI is InChI=1S/C24H17ClFN3O4/c1-14-21(23(28-33-14)22-17(25)7-4-8-18(22)26)24(31)32-13-20(30)16-12-29(11-5-10-27)19-9-3-2-6-15(16)19/h2-4,6-9,12H,5,11,13H2,1H3. The van der Waals surface area contributed by atoms with Gasteiger partial charge in [-0.1, -0.05) is 41.0 Å². The molecule has 166 valence electrons. The molecule has 33 heavy (non-hydrogen) atoms. The zero-order valence-corrected chi connectivity index (χ0v) is 18.2. The van der Waals surface area contributed by atoms with Crippen LogP contribution < -0.4 is 0 Å². The zero-order chi connectivity index (χ0) is 23.5. The minimum absolute atomic E-state index is 0.0543. The van der Waals surface area contributed by atoms with Crippen molar-refractivity contribution in [2.75, 3.05) is 6.61 Å². The molecule has 7 nitrogen and oxygen atoms in total. The molecular formula is C24H17ClFN3O4. The van der Waals surface area contributed by atoms with Gasteiger partial charge in [-0.15, -0.1) is 0 Å². The van der Waals surface area contributed by atoms with Gasteiger partial charge < -0.3 is 13.8 Å². The molecule has 0 bridgehead atoms. The van der Waals surface area contributed by atoms with E-state index in [9.17, 15) is 14.0 Å². The van der Waals surface area contributed by atoms with Gasteiger partial charge in [0, 0.05) is 29.2 Å². The highest BCUT2D eigenvalue weighted by Crippen LogP contribution is 2.33. The van der Waals surface area contributed by atoms with Gasteiger partial charge in [-0.2, -0.15) is 5.26 Å². The molecule has 0 aliphatic rings. The van der Waals surface area contributed by atoms with E-state index >= 15 is 0 Å². The van der Waals surface area contributed by atoms with Gasteiger partial charge in [-0.3, -0.25) is 4.79 Å². The van der Waals surface area contributed by atoms with Crippen LogP contribution in [0, 0.1) is 24.1 Å². The van der Waals surface area contributed by atoms with Crippen molar-refractivity contribution in [3.8, 4) is 17.3 Å². The molecule has 0 spiro atoms. The van der Waals surface area contributed by atoms with E-state index in [-0.39, 0.29) is 34.0 Å². The number of carbonyl (C=O) groups excluding carboxylic acids is 2. The molecule has 2 aromatic carbocycles. The summed E-state index contributed by atoms with van der Waals surface area (Å²) in [6, 6.07) is 13.4. The van der Waals surface area contributed by atoms with E-state index in [0.29, 0.717) is 17.5 Å². The molecule has 0 saturated carbocycles. The molecule has 0 atom stereocenters. The number of para-hydroxylation sites is 1. The average molecular weight is 466 g/mol. The minimum atomic E-state index is -0.885. The lowest BCUT2D eigenvalue weighted by molar-refractivity contribution is 0.0474. The summed E-state index contributed by atoms with van der Waals surface area (Å²) in [7, 11) is 0. The number of ether oxygens (including phenoxy) is 1. The number of aryl methyl sites for hydroxylation is 2. The van der Waals surface area contributed by atoms with Crippen LogP contribution in [0.5, 0.6) is 0 Å². The summed E-state index contributed by atoms with van der Waals surface area (Å²) >= 11 is 6.10. The number of carbonyl (C=O) groups is 2. The maximum Gasteiger partial charge on any atom is 0.344 e. The van der Waals surface area contributed by atoms with E-state index in [4.69, 9.17) is 26.1 Å². The third-order valence-electron chi connectivity index (χ3n) is 5.15. The van der Waals surface area contributed by atoms with Crippen molar-refractivity contribution in [1.82, 2.24) is 9.72 Å². The van der Waals surface area contributed by atoms with Gasteiger partial charge in [0.1, 0.15) is 22.8 Å². The van der Waals surface area contributed by atoms with Gasteiger partial charge in [-0.25, -0.2) is 9.18 Å². The Kier molecular flexibility index (Phi) is 6.24. The third-order valence-corrected chi connectivity index (χ3v) is 5.47. The lowest BCUT2D eigenvalue weighted by Gasteiger charge is -2.06. The van der Waals surface area contributed by atoms with Crippen molar-refractivity contribution in [2.24, 2.45) is 0 Å². The Balaban J connectivity index is 1.58. The number of Topliss-reactive ketones (excluding diaryl/α,β-unsaturated/α-hetero) is 1. The number of hydrogen-bond acceptors (Lipinski definition) is 6. The molecule has 0 saturated heterocycles. The van der Waals surface area contributed by atoms with E-state index in [2.05, 4.69) is 11.2 Å². The van der Waals surface area contributed by atoms with E-state index in [0.717, 1.165) is 5.52 Å². The normalized spacial score (nSPS) is 10.8. The topological polar surface area (TPSA) is 98.1 Å². The lowest BCUT2D eigenvalue weighted by Crippen LogP contribution is -2.15. The maximum atomic E-state index is 14.4. The highest BCUT2D eigenvalue weighted by molar-refractivity contribution is 6.33. The average Bonchev–Trinajstić information content (AvgIpc) is 3.36. The minimum Gasteiger partial charge on any atom is -0.454 e. The maximum absolute atomic E-state index is 14.4. The highest BCUT2D eigenvalue weighted by Gasteiger charge is 2.27. The van der Waals surface area contributed by atoms with Gasteiger partial charge in [-0.05, 0) is 25.1 Å². The summed E-state index contributed by atoms with van der Waals surface area (Å²) in [4.78, 5) is 25.7. The Bertz CT molecular complexity index is 1400. The van der Waals surface area contributed by atoms with Crippen molar-refractivity contribution in [3.05, 3.63) is 76.4 Å². The number of ketones is 1. The van der Waals surface area contributed by atoms with E-state index in [1.807, 2.05) is 16.7 Å². The first-order valence-corrected chi connectivity index (χ1v) is 10.4. The van der Waals surface area contributed by atoms with Crippen molar-refractivity contribution < 1.29 is 23.2 Å². The van der Waals surface area contributed by atoms with Crippen molar-refractivity contribution in [3.63, 3.8) is 0 Å². The van der Waals surface area contributed by atoms with Crippen LogP contribution in [0.15, 0.2) is 53.2 Å². The zero-order valence-electron chi connectivity index (χ0n) is 17.5. The van der Waals surface area contributed by atoms with E-state index in [1.54, 1.807) is 18.3 Å². The second kappa shape index (κ2) is 9.27. The third kappa shape index (κ3) is 4.23. The quantitative estimate of drug-likeness (QED) is 0.269. The van der Waals surface area contributed by atoms with Crippen molar-refractivity contribution >= 4 is 34.3 Å². The smallest absolute Gasteiger partial charge is 0.344 e. The van der Waals surface area contributed by atoms with Crippen LogP contribution in [0.25, 0.3) is 22.2 Å². The Morgan fingerprint density at radius 1 is 1.24 bits per heavy atom. The number of rotatable bonds is 7. The first-order valence-electron chi connectivity index (χ1n) is 9.98. The van der Waals surface area contributed by atoms with Crippen molar-refractivity contribution in [1.29, 1.82) is 5.26 Å². The highest BCUT2D eigenvalue weighted by atomic mass is 35.5. The molecule has 2 heterocycles. The fourth-order valence-electron chi connectivity index (χ4n) is 3.61. The van der Waals surface area contributed by atoms with Crippen molar-refractivity contribution in [2.45, 2.75) is 19.9 Å². The summed E-state index contributed by atoms with van der Waals surface area (Å²) < 4.78 is 26.5. The second-order valence-electron chi connectivity index (χ2n) is 7.22. The van der Waals surface area contributed by atoms with Crippen LogP contribution in [-0.2, 0) is 11.3 Å².